The van der Waals surface area contributed by atoms with Gasteiger partial charge >= 0.3 is 0 Å². The fraction of sp³-hybridized carbons (Fsp3) is 0.476. The van der Waals surface area contributed by atoms with E-state index in [-0.39, 0.29) is 17.6 Å². The third kappa shape index (κ3) is 5.62. The molecule has 0 unspecified atom stereocenters. The van der Waals surface area contributed by atoms with Crippen LogP contribution in [0.2, 0.25) is 5.02 Å². The van der Waals surface area contributed by atoms with Gasteiger partial charge in [-0.1, -0.05) is 37.2 Å². The fourth-order valence-electron chi connectivity index (χ4n) is 2.81. The topological polar surface area (TPSA) is 70.2 Å². The Bertz CT molecular complexity index is 1030. The summed E-state index contributed by atoms with van der Waals surface area (Å²) >= 11 is 7.54. The molecule has 0 saturated heterocycles. The van der Waals surface area contributed by atoms with Gasteiger partial charge in [0.25, 0.3) is 5.56 Å². The number of ether oxygens (including phenoxy) is 1. The van der Waals surface area contributed by atoms with Crippen molar-refractivity contribution >= 4 is 34.3 Å². The number of oxazole rings is 1. The summed E-state index contributed by atoms with van der Waals surface area (Å²) in [4.78, 5) is 22.1. The van der Waals surface area contributed by atoms with E-state index in [9.17, 15) is 4.79 Å². The molecule has 1 aromatic carbocycles. The van der Waals surface area contributed by atoms with E-state index in [2.05, 4.69) is 18.8 Å². The minimum absolute atomic E-state index is 0.0750. The van der Waals surface area contributed by atoms with Crippen LogP contribution < -0.4 is 5.56 Å². The van der Waals surface area contributed by atoms with Gasteiger partial charge in [0.15, 0.2) is 5.16 Å². The second-order valence-corrected chi connectivity index (χ2v) is 8.76. The molecule has 0 N–H and O–H groups in total. The molecule has 0 bridgehead atoms. The van der Waals surface area contributed by atoms with E-state index in [1.165, 1.54) is 11.8 Å². The van der Waals surface area contributed by atoms with Crippen LogP contribution in [0.5, 0.6) is 0 Å². The zero-order chi connectivity index (χ0) is 21.0. The Morgan fingerprint density at radius 2 is 2.07 bits per heavy atom. The van der Waals surface area contributed by atoms with Gasteiger partial charge < -0.3 is 9.15 Å². The molecule has 0 aliphatic rings. The highest BCUT2D eigenvalue weighted by Crippen LogP contribution is 2.25. The molecule has 3 aromatic rings. The van der Waals surface area contributed by atoms with Gasteiger partial charge in [-0.15, -0.1) is 0 Å². The number of aromatic nitrogens is 3. The van der Waals surface area contributed by atoms with Gasteiger partial charge in [-0.3, -0.25) is 9.36 Å². The molecule has 29 heavy (non-hydrogen) atoms. The molecule has 8 heteroatoms. The first-order chi connectivity index (χ1) is 13.8. The summed E-state index contributed by atoms with van der Waals surface area (Å²) in [5.74, 6) is 2.24. The summed E-state index contributed by atoms with van der Waals surface area (Å²) in [6, 6.07) is 5.16. The monoisotopic (exact) mass is 435 g/mol. The Labute approximate surface area is 179 Å². The first-order valence-electron chi connectivity index (χ1n) is 9.74. The minimum Gasteiger partial charge on any atom is -0.445 e. The van der Waals surface area contributed by atoms with Crippen molar-refractivity contribution in [2.24, 2.45) is 0 Å². The van der Waals surface area contributed by atoms with Crippen molar-refractivity contribution in [3.8, 4) is 0 Å². The molecule has 156 valence electrons. The van der Waals surface area contributed by atoms with Gasteiger partial charge in [0, 0.05) is 24.1 Å². The average Bonchev–Trinajstić information content (AvgIpc) is 3.14. The molecular weight excluding hydrogens is 410 g/mol. The lowest BCUT2D eigenvalue weighted by Gasteiger charge is -2.13. The lowest BCUT2D eigenvalue weighted by molar-refractivity contribution is 0.0743. The minimum atomic E-state index is -0.0750. The Kier molecular flexibility index (Phi) is 7.38. The third-order valence-electron chi connectivity index (χ3n) is 4.32. The molecule has 2 aromatic heterocycles. The molecule has 0 aliphatic heterocycles. The normalized spacial score (nSPS) is 11.8. The van der Waals surface area contributed by atoms with Crippen molar-refractivity contribution in [3.63, 3.8) is 0 Å². The first-order valence-corrected chi connectivity index (χ1v) is 11.1. The number of rotatable bonds is 9. The largest absolute Gasteiger partial charge is 0.445 e. The van der Waals surface area contributed by atoms with Gasteiger partial charge in [-0.05, 0) is 38.5 Å². The standard InChI is InChI=1S/C21H26ClN3O3S/c1-13(2)18-11-23-19(28-18)12-29-21-24-17-10-15(22)6-7-16(17)20(26)25(21)8-5-9-27-14(3)4/h6-7,10-11,13-14H,5,8-9,12H2,1-4H3. The van der Waals surface area contributed by atoms with E-state index < -0.39 is 0 Å². The summed E-state index contributed by atoms with van der Waals surface area (Å²) in [7, 11) is 0. The highest BCUT2D eigenvalue weighted by Gasteiger charge is 2.14. The van der Waals surface area contributed by atoms with Crippen LogP contribution in [0.4, 0.5) is 0 Å². The van der Waals surface area contributed by atoms with Crippen LogP contribution in [0.3, 0.4) is 0 Å². The smallest absolute Gasteiger partial charge is 0.262 e. The molecule has 0 fully saturated rings. The molecule has 0 radical (unpaired) electrons. The second-order valence-electron chi connectivity index (χ2n) is 7.39. The number of thioether (sulfide) groups is 1. The van der Waals surface area contributed by atoms with Crippen molar-refractivity contribution < 1.29 is 9.15 Å². The Morgan fingerprint density at radius 3 is 2.76 bits per heavy atom. The van der Waals surface area contributed by atoms with Crippen molar-refractivity contribution in [1.82, 2.24) is 14.5 Å². The Balaban J connectivity index is 1.87. The van der Waals surface area contributed by atoms with Crippen LogP contribution in [0.15, 0.2) is 38.8 Å². The van der Waals surface area contributed by atoms with E-state index >= 15 is 0 Å². The van der Waals surface area contributed by atoms with Gasteiger partial charge in [-0.2, -0.15) is 0 Å². The Morgan fingerprint density at radius 1 is 1.28 bits per heavy atom. The quantitative estimate of drug-likeness (QED) is 0.259. The van der Waals surface area contributed by atoms with Crippen LogP contribution >= 0.6 is 23.4 Å². The van der Waals surface area contributed by atoms with E-state index in [1.807, 2.05) is 13.8 Å². The SMILES string of the molecule is CC(C)OCCCn1c(SCc2ncc(C(C)C)o2)nc2cc(Cl)ccc2c1=O. The highest BCUT2D eigenvalue weighted by atomic mass is 35.5. The lowest BCUT2D eigenvalue weighted by atomic mass is 10.2. The van der Waals surface area contributed by atoms with Gasteiger partial charge in [0.2, 0.25) is 5.89 Å². The highest BCUT2D eigenvalue weighted by molar-refractivity contribution is 7.98. The number of halogens is 1. The van der Waals surface area contributed by atoms with Gasteiger partial charge in [0.05, 0.1) is 29.0 Å². The molecule has 0 saturated carbocycles. The Hall–Kier alpha value is -1.83. The summed E-state index contributed by atoms with van der Waals surface area (Å²) in [5, 5.41) is 1.73. The zero-order valence-corrected chi connectivity index (χ0v) is 18.7. The van der Waals surface area contributed by atoms with Crippen LogP contribution in [0.1, 0.15) is 51.7 Å². The molecule has 0 aliphatic carbocycles. The number of benzene rings is 1. The molecule has 0 spiro atoms. The van der Waals surface area contributed by atoms with E-state index in [1.54, 1.807) is 29.0 Å². The molecule has 6 nitrogen and oxygen atoms in total. The number of nitrogens with zero attached hydrogens (tertiary/aromatic N) is 3. The van der Waals surface area contributed by atoms with E-state index in [0.717, 1.165) is 12.2 Å². The van der Waals surface area contributed by atoms with Crippen LogP contribution in [0, 0.1) is 0 Å². The maximum Gasteiger partial charge on any atom is 0.262 e. The van der Waals surface area contributed by atoms with Crippen LogP contribution in [-0.2, 0) is 17.0 Å². The van der Waals surface area contributed by atoms with Crippen molar-refractivity contribution in [3.05, 3.63) is 51.4 Å². The first kappa shape index (κ1) is 21.9. The summed E-state index contributed by atoms with van der Waals surface area (Å²) < 4.78 is 13.1. The third-order valence-corrected chi connectivity index (χ3v) is 5.52. The molecule has 3 rings (SSSR count). The maximum absolute atomic E-state index is 13.1. The molecule has 0 amide bonds. The van der Waals surface area contributed by atoms with Crippen molar-refractivity contribution in [1.29, 1.82) is 0 Å². The average molecular weight is 436 g/mol. The summed E-state index contributed by atoms with van der Waals surface area (Å²) in [5.41, 5.74) is 0.518. The molecule has 2 heterocycles. The molecular formula is C21H26ClN3O3S. The van der Waals surface area contributed by atoms with E-state index in [4.69, 9.17) is 25.7 Å². The number of hydrogen-bond donors (Lipinski definition) is 0. The van der Waals surface area contributed by atoms with Crippen molar-refractivity contribution in [2.45, 2.75) is 63.6 Å². The van der Waals surface area contributed by atoms with Crippen molar-refractivity contribution in [2.75, 3.05) is 6.61 Å². The van der Waals surface area contributed by atoms with Gasteiger partial charge in [0.1, 0.15) is 5.76 Å². The molecule has 0 atom stereocenters. The van der Waals surface area contributed by atoms with Crippen LogP contribution in [0.25, 0.3) is 10.9 Å². The second kappa shape index (κ2) is 9.78. The number of hydrogen-bond acceptors (Lipinski definition) is 6. The maximum atomic E-state index is 13.1. The van der Waals surface area contributed by atoms with E-state index in [0.29, 0.717) is 45.9 Å². The number of fused-ring (bicyclic) bond motifs is 1. The predicted octanol–water partition coefficient (Wildman–Crippen LogP) is 5.27. The lowest BCUT2D eigenvalue weighted by Crippen LogP contribution is -2.24. The van der Waals surface area contributed by atoms with Crippen LogP contribution in [-0.4, -0.2) is 27.2 Å². The zero-order valence-electron chi connectivity index (χ0n) is 17.1. The fourth-order valence-corrected chi connectivity index (χ4v) is 3.85. The predicted molar refractivity (Wildman–Crippen MR) is 117 cm³/mol. The summed E-state index contributed by atoms with van der Waals surface area (Å²) in [6.45, 7) is 9.23. The summed E-state index contributed by atoms with van der Waals surface area (Å²) in [6.07, 6.45) is 2.64. The van der Waals surface area contributed by atoms with Gasteiger partial charge in [-0.25, -0.2) is 9.97 Å².